The van der Waals surface area contributed by atoms with Gasteiger partial charge in [0, 0.05) is 34.8 Å². The summed E-state index contributed by atoms with van der Waals surface area (Å²) in [6.07, 6.45) is 0.205. The lowest BCUT2D eigenvalue weighted by Crippen LogP contribution is -2.49. The zero-order chi connectivity index (χ0) is 24.6. The van der Waals surface area contributed by atoms with Crippen LogP contribution in [0.4, 0.5) is 8.78 Å². The highest BCUT2D eigenvalue weighted by Crippen LogP contribution is 2.35. The van der Waals surface area contributed by atoms with Crippen LogP contribution in [-0.4, -0.2) is 74.5 Å². The van der Waals surface area contributed by atoms with E-state index in [0.717, 1.165) is 16.9 Å². The van der Waals surface area contributed by atoms with E-state index in [0.29, 0.717) is 17.2 Å². The highest BCUT2D eigenvalue weighted by Gasteiger charge is 2.31. The van der Waals surface area contributed by atoms with Crippen LogP contribution in [0.25, 0.3) is 22.5 Å². The Morgan fingerprint density at radius 1 is 1.38 bits per heavy atom. The van der Waals surface area contributed by atoms with Crippen molar-refractivity contribution < 1.29 is 23.3 Å². The Kier molecular flexibility index (Phi) is 6.94. The molecule has 0 amide bonds. The fraction of sp³-hybridized carbons (Fsp3) is 0.350. The van der Waals surface area contributed by atoms with Gasteiger partial charge in [-0.25, -0.2) is 8.78 Å². The predicted molar refractivity (Wildman–Crippen MR) is 122 cm³/mol. The van der Waals surface area contributed by atoms with Crippen molar-refractivity contribution in [2.45, 2.75) is 25.4 Å². The maximum atomic E-state index is 14.8. The Bertz CT molecular complexity index is 1320. The maximum absolute atomic E-state index is 14.8. The zero-order valence-corrected chi connectivity index (χ0v) is 19.6. The summed E-state index contributed by atoms with van der Waals surface area (Å²) in [6, 6.07) is 3.16. The van der Waals surface area contributed by atoms with Crippen molar-refractivity contribution >= 4 is 27.0 Å². The van der Waals surface area contributed by atoms with Crippen molar-refractivity contribution in [3.05, 3.63) is 46.7 Å². The van der Waals surface area contributed by atoms with E-state index in [9.17, 15) is 23.3 Å². The first-order chi connectivity index (χ1) is 16.0. The number of nitrogens with one attached hydrogen (secondary N) is 1. The van der Waals surface area contributed by atoms with Gasteiger partial charge in [-0.15, -0.1) is 15.3 Å². The number of hydrogen-bond donors (Lipinski definition) is 3. The normalized spacial score (nSPS) is 21.3. The van der Waals surface area contributed by atoms with Gasteiger partial charge >= 0.3 is 0 Å². The first-order valence-corrected chi connectivity index (χ1v) is 12.6. The molecule has 0 radical (unpaired) electrons. The fourth-order valence-corrected chi connectivity index (χ4v) is 5.81. The molecule has 10 nitrogen and oxygen atoms in total. The molecule has 182 valence electrons. The minimum Gasteiger partial charge on any atom is -0.364 e. The van der Waals surface area contributed by atoms with Gasteiger partial charge in [-0.2, -0.15) is 4.80 Å². The quantitative estimate of drug-likeness (QED) is 0.244. The van der Waals surface area contributed by atoms with Crippen LogP contribution < -0.4 is 5.32 Å². The summed E-state index contributed by atoms with van der Waals surface area (Å²) in [7, 11) is -0.744. The highest BCUT2D eigenvalue weighted by molar-refractivity contribution is 8.00. The van der Waals surface area contributed by atoms with Crippen molar-refractivity contribution in [2.24, 2.45) is 7.05 Å². The first-order valence-electron chi connectivity index (χ1n) is 10.1. The van der Waals surface area contributed by atoms with Crippen LogP contribution in [0, 0.1) is 11.6 Å². The SMILES string of the molecule is C=S1(=O)CCC(N(O)C(O)NCc2ncc(-c3cc(Cl)cc(F)c3-c3nnn(C)n3)cc2F)C1. The van der Waals surface area contributed by atoms with E-state index in [-0.39, 0.29) is 45.5 Å². The van der Waals surface area contributed by atoms with Gasteiger partial charge < -0.3 is 10.3 Å². The summed E-state index contributed by atoms with van der Waals surface area (Å²) in [6.45, 7) is -0.223. The van der Waals surface area contributed by atoms with Gasteiger partial charge in [-0.3, -0.25) is 14.5 Å². The van der Waals surface area contributed by atoms with E-state index in [1.54, 1.807) is 0 Å². The van der Waals surface area contributed by atoms with Crippen molar-refractivity contribution in [3.8, 4) is 22.5 Å². The largest absolute Gasteiger partial charge is 0.364 e. The van der Waals surface area contributed by atoms with Crippen LogP contribution >= 0.6 is 11.6 Å². The standard InChI is InChI=1S/C20H22ClF2N7O3S/c1-29-27-19(26-28-29)18-14(6-12(21)7-16(18)23)11-5-15(22)17(24-8-11)9-25-20(31)30(32)13-3-4-34(2,33)10-13/h5-8,13,20,25,31-32H,2-4,9-10H2,1H3. The molecule has 1 fully saturated rings. The number of aryl methyl sites for hydroxylation is 1. The molecule has 0 aliphatic carbocycles. The molecular weight excluding hydrogens is 492 g/mol. The molecule has 0 bridgehead atoms. The number of hydroxylamine groups is 2. The second-order valence-corrected chi connectivity index (χ2v) is 11.1. The van der Waals surface area contributed by atoms with Crippen molar-refractivity contribution in [3.63, 3.8) is 0 Å². The molecule has 4 rings (SSSR count). The Morgan fingerprint density at radius 3 is 2.76 bits per heavy atom. The summed E-state index contributed by atoms with van der Waals surface area (Å²) in [5, 5.41) is 35.2. The van der Waals surface area contributed by atoms with Gasteiger partial charge in [0.1, 0.15) is 11.6 Å². The molecule has 0 spiro atoms. The molecule has 3 unspecified atom stereocenters. The average Bonchev–Trinajstić information content (AvgIpc) is 3.36. The molecule has 1 aliphatic heterocycles. The minimum atomic E-state index is -2.27. The van der Waals surface area contributed by atoms with Gasteiger partial charge in [0.25, 0.3) is 0 Å². The van der Waals surface area contributed by atoms with Gasteiger partial charge in [0.2, 0.25) is 5.82 Å². The topological polar surface area (TPSA) is 129 Å². The highest BCUT2D eigenvalue weighted by atomic mass is 35.5. The average molecular weight is 514 g/mol. The van der Waals surface area contributed by atoms with E-state index >= 15 is 0 Å². The van der Waals surface area contributed by atoms with E-state index in [4.69, 9.17) is 11.6 Å². The number of nitrogens with zero attached hydrogens (tertiary/aromatic N) is 6. The Labute approximate surface area is 199 Å². The van der Waals surface area contributed by atoms with Crippen LogP contribution in [0.5, 0.6) is 0 Å². The van der Waals surface area contributed by atoms with Crippen LogP contribution in [0.2, 0.25) is 5.02 Å². The number of hydrogen-bond acceptors (Lipinski definition) is 9. The Hall–Kier alpha value is -2.55. The number of tetrazole rings is 1. The molecule has 0 saturated carbocycles. The van der Waals surface area contributed by atoms with Gasteiger partial charge in [-0.1, -0.05) is 11.6 Å². The summed E-state index contributed by atoms with van der Waals surface area (Å²) in [4.78, 5) is 5.24. The Balaban J connectivity index is 1.53. The Morgan fingerprint density at radius 2 is 2.15 bits per heavy atom. The molecule has 3 aromatic rings. The lowest BCUT2D eigenvalue weighted by molar-refractivity contribution is -0.228. The third kappa shape index (κ3) is 5.24. The summed E-state index contributed by atoms with van der Waals surface area (Å²) < 4.78 is 41.6. The molecule has 1 aromatic carbocycles. The van der Waals surface area contributed by atoms with Gasteiger partial charge in [0.15, 0.2) is 6.35 Å². The summed E-state index contributed by atoms with van der Waals surface area (Å²) in [5.41, 5.74) is 0.397. The van der Waals surface area contributed by atoms with E-state index in [1.165, 1.54) is 19.3 Å². The minimum absolute atomic E-state index is 0.00195. The van der Waals surface area contributed by atoms with Gasteiger partial charge in [-0.05, 0) is 50.8 Å². The zero-order valence-electron chi connectivity index (χ0n) is 18.0. The number of halogens is 3. The molecule has 34 heavy (non-hydrogen) atoms. The first kappa shape index (κ1) is 24.6. The van der Waals surface area contributed by atoms with E-state index in [1.807, 2.05) is 0 Å². The van der Waals surface area contributed by atoms with Crippen molar-refractivity contribution in [1.29, 1.82) is 0 Å². The monoisotopic (exact) mass is 513 g/mol. The number of benzene rings is 1. The van der Waals surface area contributed by atoms with E-state index < -0.39 is 33.5 Å². The second kappa shape index (κ2) is 9.60. The molecule has 3 heterocycles. The van der Waals surface area contributed by atoms with Crippen LogP contribution in [0.15, 0.2) is 24.4 Å². The second-order valence-electron chi connectivity index (χ2n) is 7.98. The number of aliphatic hydroxyl groups excluding tert-OH is 1. The van der Waals surface area contributed by atoms with Crippen molar-refractivity contribution in [1.82, 2.24) is 35.6 Å². The van der Waals surface area contributed by atoms with Crippen LogP contribution in [0.1, 0.15) is 12.1 Å². The maximum Gasteiger partial charge on any atom is 0.208 e. The lowest BCUT2D eigenvalue weighted by atomic mass is 9.99. The number of aliphatic hydroxyl groups is 1. The third-order valence-electron chi connectivity index (χ3n) is 5.41. The number of aromatic nitrogens is 5. The number of pyridine rings is 1. The third-order valence-corrected chi connectivity index (χ3v) is 7.60. The fourth-order valence-electron chi connectivity index (χ4n) is 3.71. The number of rotatable bonds is 7. The molecule has 1 aliphatic rings. The van der Waals surface area contributed by atoms with Crippen molar-refractivity contribution in [2.75, 3.05) is 11.5 Å². The lowest BCUT2D eigenvalue weighted by Gasteiger charge is -2.27. The summed E-state index contributed by atoms with van der Waals surface area (Å²) in [5.74, 6) is 2.70. The van der Waals surface area contributed by atoms with Crippen LogP contribution in [0.3, 0.4) is 0 Å². The van der Waals surface area contributed by atoms with Crippen LogP contribution in [-0.2, 0) is 23.1 Å². The van der Waals surface area contributed by atoms with Gasteiger partial charge in [0.05, 0.1) is 24.3 Å². The molecule has 3 N–H and O–H groups in total. The summed E-state index contributed by atoms with van der Waals surface area (Å²) >= 11 is 6.02. The predicted octanol–water partition coefficient (Wildman–Crippen LogP) is 1.42. The molecule has 1 saturated heterocycles. The molecule has 3 atom stereocenters. The molecular formula is C20H22ClF2N7O3S. The van der Waals surface area contributed by atoms with E-state index in [2.05, 4.69) is 31.6 Å². The molecule has 14 heteroatoms. The smallest absolute Gasteiger partial charge is 0.208 e. The molecule has 2 aromatic heterocycles.